The molecule has 1 amide bonds. The molecule has 1 fully saturated rings. The van der Waals surface area contributed by atoms with Gasteiger partial charge in [-0.25, -0.2) is 4.39 Å². The minimum Gasteiger partial charge on any atom is -0.323 e. The normalized spacial score (nSPS) is 16.4. The standard InChI is InChI=1S/C12H13BrFNO/c13-9-5-6-11(10(14)7-9)15-12(16)8-3-1-2-4-8/h5-8H,1-4H2,(H,15,16). The summed E-state index contributed by atoms with van der Waals surface area (Å²) in [6.45, 7) is 0. The van der Waals surface area contributed by atoms with Gasteiger partial charge in [-0.1, -0.05) is 28.8 Å². The number of nitrogens with one attached hydrogen (secondary N) is 1. The summed E-state index contributed by atoms with van der Waals surface area (Å²) in [6, 6.07) is 4.64. The Bertz CT molecular complexity index is 402. The second kappa shape index (κ2) is 4.95. The van der Waals surface area contributed by atoms with E-state index >= 15 is 0 Å². The Morgan fingerprint density at radius 2 is 2.06 bits per heavy atom. The third-order valence-electron chi connectivity index (χ3n) is 2.91. The smallest absolute Gasteiger partial charge is 0.227 e. The van der Waals surface area contributed by atoms with Crippen LogP contribution in [-0.4, -0.2) is 5.91 Å². The molecule has 0 unspecified atom stereocenters. The fourth-order valence-electron chi connectivity index (χ4n) is 2.01. The second-order valence-electron chi connectivity index (χ2n) is 4.09. The minimum absolute atomic E-state index is 0.0567. The quantitative estimate of drug-likeness (QED) is 0.882. The number of rotatable bonds is 2. The van der Waals surface area contributed by atoms with Crippen molar-refractivity contribution < 1.29 is 9.18 Å². The van der Waals surface area contributed by atoms with Crippen LogP contribution in [0.2, 0.25) is 0 Å². The van der Waals surface area contributed by atoms with Crippen LogP contribution in [0.25, 0.3) is 0 Å². The maximum absolute atomic E-state index is 13.5. The SMILES string of the molecule is O=C(Nc1ccc(Br)cc1F)C1CCCC1. The summed E-state index contributed by atoms with van der Waals surface area (Å²) in [5.41, 5.74) is 0.264. The van der Waals surface area contributed by atoms with Gasteiger partial charge in [-0.15, -0.1) is 0 Å². The molecule has 0 radical (unpaired) electrons. The highest BCUT2D eigenvalue weighted by molar-refractivity contribution is 9.10. The molecule has 4 heteroatoms. The molecular weight excluding hydrogens is 273 g/mol. The van der Waals surface area contributed by atoms with Crippen molar-refractivity contribution in [2.75, 3.05) is 5.32 Å². The molecule has 2 rings (SSSR count). The predicted octanol–water partition coefficient (Wildman–Crippen LogP) is 3.72. The van der Waals surface area contributed by atoms with E-state index in [9.17, 15) is 9.18 Å². The Hall–Kier alpha value is -0.900. The molecule has 0 heterocycles. The third kappa shape index (κ3) is 2.61. The topological polar surface area (TPSA) is 29.1 Å². The molecule has 0 bridgehead atoms. The van der Waals surface area contributed by atoms with E-state index in [1.165, 1.54) is 6.07 Å². The molecule has 1 N–H and O–H groups in total. The first-order valence-corrected chi connectivity index (χ1v) is 6.22. The van der Waals surface area contributed by atoms with Crippen LogP contribution in [0.5, 0.6) is 0 Å². The van der Waals surface area contributed by atoms with E-state index in [4.69, 9.17) is 0 Å². The zero-order chi connectivity index (χ0) is 11.5. The summed E-state index contributed by atoms with van der Waals surface area (Å²) in [5, 5.41) is 2.64. The van der Waals surface area contributed by atoms with Gasteiger partial charge >= 0.3 is 0 Å². The van der Waals surface area contributed by atoms with Crippen molar-refractivity contribution in [2.45, 2.75) is 25.7 Å². The van der Waals surface area contributed by atoms with Crippen molar-refractivity contribution in [1.29, 1.82) is 0 Å². The molecule has 1 aliphatic rings. The summed E-state index contributed by atoms with van der Waals surface area (Å²) in [7, 11) is 0. The monoisotopic (exact) mass is 285 g/mol. The zero-order valence-corrected chi connectivity index (χ0v) is 10.4. The first-order chi connectivity index (χ1) is 7.66. The molecule has 1 aromatic rings. The van der Waals surface area contributed by atoms with Crippen molar-refractivity contribution in [2.24, 2.45) is 5.92 Å². The van der Waals surface area contributed by atoms with Gasteiger partial charge < -0.3 is 5.32 Å². The predicted molar refractivity (Wildman–Crippen MR) is 64.7 cm³/mol. The summed E-state index contributed by atoms with van der Waals surface area (Å²) in [6.07, 6.45) is 4.04. The first kappa shape index (κ1) is 11.6. The molecule has 0 aromatic heterocycles. The average molecular weight is 286 g/mol. The van der Waals surface area contributed by atoms with Crippen LogP contribution in [0.3, 0.4) is 0 Å². The van der Waals surface area contributed by atoms with Crippen molar-refractivity contribution in [3.63, 3.8) is 0 Å². The lowest BCUT2D eigenvalue weighted by atomic mass is 10.1. The van der Waals surface area contributed by atoms with E-state index in [2.05, 4.69) is 21.2 Å². The van der Waals surface area contributed by atoms with Crippen LogP contribution in [0, 0.1) is 11.7 Å². The Balaban J connectivity index is 2.05. The molecular formula is C12H13BrFNO. The third-order valence-corrected chi connectivity index (χ3v) is 3.41. The lowest BCUT2D eigenvalue weighted by Crippen LogP contribution is -2.20. The maximum atomic E-state index is 13.5. The molecule has 1 saturated carbocycles. The van der Waals surface area contributed by atoms with Gasteiger partial charge in [-0.3, -0.25) is 4.79 Å². The van der Waals surface area contributed by atoms with E-state index in [-0.39, 0.29) is 17.5 Å². The number of halogens is 2. The Kier molecular flexibility index (Phi) is 3.59. The summed E-state index contributed by atoms with van der Waals surface area (Å²) < 4.78 is 14.1. The largest absolute Gasteiger partial charge is 0.323 e. The maximum Gasteiger partial charge on any atom is 0.227 e. The van der Waals surface area contributed by atoms with Crippen LogP contribution in [0.4, 0.5) is 10.1 Å². The lowest BCUT2D eigenvalue weighted by Gasteiger charge is -2.11. The fourth-order valence-corrected chi connectivity index (χ4v) is 2.35. The van der Waals surface area contributed by atoms with Gasteiger partial charge in [0.05, 0.1) is 5.69 Å². The van der Waals surface area contributed by atoms with Gasteiger partial charge in [0.15, 0.2) is 0 Å². The molecule has 1 aromatic carbocycles. The first-order valence-electron chi connectivity index (χ1n) is 5.43. The van der Waals surface area contributed by atoms with E-state index in [1.807, 2.05) is 0 Å². The lowest BCUT2D eigenvalue weighted by molar-refractivity contribution is -0.119. The van der Waals surface area contributed by atoms with E-state index < -0.39 is 5.82 Å². The molecule has 16 heavy (non-hydrogen) atoms. The van der Waals surface area contributed by atoms with E-state index in [0.717, 1.165) is 25.7 Å². The number of anilines is 1. The van der Waals surface area contributed by atoms with Crippen LogP contribution >= 0.6 is 15.9 Å². The summed E-state index contributed by atoms with van der Waals surface area (Å²) in [4.78, 5) is 11.8. The van der Waals surface area contributed by atoms with Gasteiger partial charge in [0, 0.05) is 10.4 Å². The Morgan fingerprint density at radius 1 is 1.38 bits per heavy atom. The van der Waals surface area contributed by atoms with Gasteiger partial charge in [-0.05, 0) is 31.0 Å². The number of hydrogen-bond donors (Lipinski definition) is 1. The number of benzene rings is 1. The second-order valence-corrected chi connectivity index (χ2v) is 5.01. The number of amides is 1. The van der Waals surface area contributed by atoms with Crippen molar-refractivity contribution in [3.8, 4) is 0 Å². The van der Waals surface area contributed by atoms with Gasteiger partial charge in [0.1, 0.15) is 5.82 Å². The molecule has 2 nitrogen and oxygen atoms in total. The van der Waals surface area contributed by atoms with Crippen molar-refractivity contribution >= 4 is 27.5 Å². The fraction of sp³-hybridized carbons (Fsp3) is 0.417. The highest BCUT2D eigenvalue weighted by Crippen LogP contribution is 2.27. The Labute approximate surface area is 102 Å². The highest BCUT2D eigenvalue weighted by atomic mass is 79.9. The number of carbonyl (C=O) groups excluding carboxylic acids is 1. The molecule has 0 aliphatic heterocycles. The molecule has 0 atom stereocenters. The van der Waals surface area contributed by atoms with E-state index in [1.54, 1.807) is 12.1 Å². The summed E-state index contributed by atoms with van der Waals surface area (Å²) >= 11 is 3.18. The van der Waals surface area contributed by atoms with Crippen molar-refractivity contribution in [3.05, 3.63) is 28.5 Å². The number of carbonyl (C=O) groups is 1. The average Bonchev–Trinajstić information content (AvgIpc) is 2.75. The van der Waals surface area contributed by atoms with Crippen LogP contribution < -0.4 is 5.32 Å². The van der Waals surface area contributed by atoms with Gasteiger partial charge in [0.2, 0.25) is 5.91 Å². The molecule has 0 saturated heterocycles. The zero-order valence-electron chi connectivity index (χ0n) is 8.80. The van der Waals surface area contributed by atoms with Crippen LogP contribution in [0.15, 0.2) is 22.7 Å². The molecule has 0 spiro atoms. The van der Waals surface area contributed by atoms with E-state index in [0.29, 0.717) is 4.47 Å². The van der Waals surface area contributed by atoms with Gasteiger partial charge in [-0.2, -0.15) is 0 Å². The Morgan fingerprint density at radius 3 is 2.69 bits per heavy atom. The van der Waals surface area contributed by atoms with Crippen LogP contribution in [0.1, 0.15) is 25.7 Å². The number of hydrogen-bond acceptors (Lipinski definition) is 1. The van der Waals surface area contributed by atoms with Crippen molar-refractivity contribution in [1.82, 2.24) is 0 Å². The highest BCUT2D eigenvalue weighted by Gasteiger charge is 2.23. The molecule has 1 aliphatic carbocycles. The van der Waals surface area contributed by atoms with Gasteiger partial charge in [0.25, 0.3) is 0 Å². The minimum atomic E-state index is -0.402. The molecule has 86 valence electrons. The summed E-state index contributed by atoms with van der Waals surface area (Å²) in [5.74, 6) is -0.400. The van der Waals surface area contributed by atoms with Crippen LogP contribution in [-0.2, 0) is 4.79 Å².